The molecule has 0 bridgehead atoms. The molecule has 1 spiro atoms. The van der Waals surface area contributed by atoms with Crippen LogP contribution in [0.3, 0.4) is 0 Å². The van der Waals surface area contributed by atoms with Gasteiger partial charge in [-0.25, -0.2) is 0 Å². The maximum Gasteiger partial charge on any atom is 0.0594 e. The summed E-state index contributed by atoms with van der Waals surface area (Å²) < 4.78 is 7.58. The standard InChI is InChI=1S/C12H22N2OS/c16-14-3-1-12(2-4-14)9-11(10-12)13-5-7-15-8-6-13/h11,16H,1-10H2. The van der Waals surface area contributed by atoms with Crippen molar-refractivity contribution in [1.29, 1.82) is 0 Å². The minimum absolute atomic E-state index is 0.683. The molecule has 0 aromatic rings. The van der Waals surface area contributed by atoms with E-state index in [9.17, 15) is 0 Å². The van der Waals surface area contributed by atoms with E-state index in [4.69, 9.17) is 4.74 Å². The molecule has 0 atom stereocenters. The first-order chi connectivity index (χ1) is 7.77. The van der Waals surface area contributed by atoms with Crippen molar-refractivity contribution in [3.8, 4) is 0 Å². The summed E-state index contributed by atoms with van der Waals surface area (Å²) in [6.07, 6.45) is 5.57. The predicted octanol–water partition coefficient (Wildman–Crippen LogP) is 1.41. The average Bonchev–Trinajstić information content (AvgIpc) is 2.29. The Balaban J connectivity index is 1.49. The second kappa shape index (κ2) is 4.48. The third-order valence-electron chi connectivity index (χ3n) is 4.70. The fourth-order valence-corrected chi connectivity index (χ4v) is 3.72. The zero-order valence-electron chi connectivity index (χ0n) is 9.90. The van der Waals surface area contributed by atoms with Crippen molar-refractivity contribution < 1.29 is 4.74 Å². The number of hydrogen-bond donors (Lipinski definition) is 1. The highest BCUT2D eigenvalue weighted by Crippen LogP contribution is 2.51. The zero-order valence-corrected chi connectivity index (χ0v) is 10.8. The summed E-state index contributed by atoms with van der Waals surface area (Å²) in [4.78, 5) is 2.64. The number of piperidine rings is 1. The number of thiol groups is 1. The molecule has 0 aromatic carbocycles. The van der Waals surface area contributed by atoms with Gasteiger partial charge in [0, 0.05) is 32.2 Å². The van der Waals surface area contributed by atoms with Gasteiger partial charge in [-0.3, -0.25) is 9.21 Å². The molecule has 2 heterocycles. The quantitative estimate of drug-likeness (QED) is 0.700. The Labute approximate surface area is 104 Å². The van der Waals surface area contributed by atoms with Gasteiger partial charge in [0.2, 0.25) is 0 Å². The molecule has 3 fully saturated rings. The molecule has 0 amide bonds. The van der Waals surface area contributed by atoms with E-state index in [2.05, 4.69) is 22.0 Å². The molecule has 0 radical (unpaired) electrons. The number of hydrogen-bond acceptors (Lipinski definition) is 4. The van der Waals surface area contributed by atoms with Crippen molar-refractivity contribution in [1.82, 2.24) is 9.21 Å². The Morgan fingerprint density at radius 1 is 1.00 bits per heavy atom. The zero-order chi connectivity index (χ0) is 11.0. The van der Waals surface area contributed by atoms with Crippen LogP contribution in [-0.4, -0.2) is 54.6 Å². The summed E-state index contributed by atoms with van der Waals surface area (Å²) in [6.45, 7) is 6.54. The van der Waals surface area contributed by atoms with Crippen molar-refractivity contribution in [2.75, 3.05) is 39.4 Å². The van der Waals surface area contributed by atoms with E-state index in [1.165, 1.54) is 38.8 Å². The first kappa shape index (κ1) is 11.3. The van der Waals surface area contributed by atoms with Gasteiger partial charge in [-0.1, -0.05) is 12.8 Å². The predicted molar refractivity (Wildman–Crippen MR) is 67.6 cm³/mol. The lowest BCUT2D eigenvalue weighted by molar-refractivity contribution is -0.0663. The van der Waals surface area contributed by atoms with Crippen LogP contribution < -0.4 is 0 Å². The summed E-state index contributed by atoms with van der Waals surface area (Å²) in [5.74, 6) is 0. The van der Waals surface area contributed by atoms with Gasteiger partial charge in [-0.2, -0.15) is 0 Å². The van der Waals surface area contributed by atoms with Crippen molar-refractivity contribution in [2.24, 2.45) is 5.41 Å². The fourth-order valence-electron chi connectivity index (χ4n) is 3.52. The second-order valence-electron chi connectivity index (χ2n) is 5.66. The maximum atomic E-state index is 5.41. The van der Waals surface area contributed by atoms with Crippen LogP contribution in [0.1, 0.15) is 25.7 Å². The molecule has 1 saturated carbocycles. The highest BCUT2D eigenvalue weighted by atomic mass is 32.1. The molecule has 2 aliphatic heterocycles. The molecule has 3 rings (SSSR count). The molecule has 4 heteroatoms. The van der Waals surface area contributed by atoms with Gasteiger partial charge in [0.25, 0.3) is 0 Å². The van der Waals surface area contributed by atoms with E-state index in [0.717, 1.165) is 32.3 Å². The summed E-state index contributed by atoms with van der Waals surface area (Å²) in [5, 5.41) is 0. The Bertz CT molecular complexity index is 239. The van der Waals surface area contributed by atoms with Crippen LogP contribution in [0, 0.1) is 5.41 Å². The van der Waals surface area contributed by atoms with Crippen LogP contribution in [0.15, 0.2) is 0 Å². The summed E-state index contributed by atoms with van der Waals surface area (Å²) in [7, 11) is 0. The number of ether oxygens (including phenoxy) is 1. The lowest BCUT2D eigenvalue weighted by atomic mass is 9.60. The van der Waals surface area contributed by atoms with Crippen molar-refractivity contribution >= 4 is 12.8 Å². The molecule has 3 aliphatic rings. The minimum atomic E-state index is 0.683. The van der Waals surface area contributed by atoms with Crippen LogP contribution in [0.5, 0.6) is 0 Å². The third kappa shape index (κ3) is 2.13. The third-order valence-corrected chi connectivity index (χ3v) is 5.10. The topological polar surface area (TPSA) is 15.7 Å². The van der Waals surface area contributed by atoms with Gasteiger partial charge < -0.3 is 4.74 Å². The molecule has 1 aliphatic carbocycles. The van der Waals surface area contributed by atoms with E-state index >= 15 is 0 Å². The Morgan fingerprint density at radius 2 is 1.62 bits per heavy atom. The largest absolute Gasteiger partial charge is 0.379 e. The van der Waals surface area contributed by atoms with Crippen molar-refractivity contribution in [3.05, 3.63) is 0 Å². The normalized spacial score (nSPS) is 32.8. The first-order valence-corrected chi connectivity index (χ1v) is 6.93. The monoisotopic (exact) mass is 242 g/mol. The molecule has 92 valence electrons. The number of morpholine rings is 1. The van der Waals surface area contributed by atoms with E-state index in [1.54, 1.807) is 0 Å². The smallest absolute Gasteiger partial charge is 0.0594 e. The molecule has 2 saturated heterocycles. The van der Waals surface area contributed by atoms with E-state index in [0.29, 0.717) is 5.41 Å². The molecule has 16 heavy (non-hydrogen) atoms. The van der Waals surface area contributed by atoms with E-state index < -0.39 is 0 Å². The molecule has 0 aromatic heterocycles. The minimum Gasteiger partial charge on any atom is -0.379 e. The van der Waals surface area contributed by atoms with Crippen LogP contribution in [-0.2, 0) is 4.74 Å². The second-order valence-corrected chi connectivity index (χ2v) is 6.23. The van der Waals surface area contributed by atoms with Gasteiger partial charge in [0.15, 0.2) is 0 Å². The first-order valence-electron chi connectivity index (χ1n) is 6.53. The Morgan fingerprint density at radius 3 is 2.25 bits per heavy atom. The van der Waals surface area contributed by atoms with Crippen LogP contribution >= 0.6 is 12.8 Å². The average molecular weight is 242 g/mol. The highest BCUT2D eigenvalue weighted by molar-refractivity contribution is 7.77. The van der Waals surface area contributed by atoms with Gasteiger partial charge >= 0.3 is 0 Å². The highest BCUT2D eigenvalue weighted by Gasteiger charge is 2.47. The molecule has 3 nitrogen and oxygen atoms in total. The van der Waals surface area contributed by atoms with Crippen molar-refractivity contribution in [3.63, 3.8) is 0 Å². The molecule has 0 unspecified atom stereocenters. The van der Waals surface area contributed by atoms with Crippen LogP contribution in [0.25, 0.3) is 0 Å². The summed E-state index contributed by atoms with van der Waals surface area (Å²) in [6, 6.07) is 0.857. The molecular weight excluding hydrogens is 220 g/mol. The van der Waals surface area contributed by atoms with Crippen LogP contribution in [0.2, 0.25) is 0 Å². The number of rotatable bonds is 1. The summed E-state index contributed by atoms with van der Waals surface area (Å²) in [5.41, 5.74) is 0.683. The van der Waals surface area contributed by atoms with Gasteiger partial charge in [0.05, 0.1) is 13.2 Å². The number of nitrogens with zero attached hydrogens (tertiary/aromatic N) is 2. The Hall–Kier alpha value is 0.230. The van der Waals surface area contributed by atoms with E-state index in [-0.39, 0.29) is 0 Å². The van der Waals surface area contributed by atoms with Crippen LogP contribution in [0.4, 0.5) is 0 Å². The van der Waals surface area contributed by atoms with E-state index in [1.807, 2.05) is 0 Å². The van der Waals surface area contributed by atoms with Crippen molar-refractivity contribution in [2.45, 2.75) is 31.7 Å². The fraction of sp³-hybridized carbons (Fsp3) is 1.00. The van der Waals surface area contributed by atoms with Gasteiger partial charge in [-0.05, 0) is 31.1 Å². The lowest BCUT2D eigenvalue weighted by Gasteiger charge is -2.55. The maximum absolute atomic E-state index is 5.41. The summed E-state index contributed by atoms with van der Waals surface area (Å²) >= 11 is 4.43. The SMILES string of the molecule is SN1CCC2(CC1)CC(N1CCOCC1)C2. The van der Waals surface area contributed by atoms with Gasteiger partial charge in [0.1, 0.15) is 0 Å². The lowest BCUT2D eigenvalue weighted by Crippen LogP contribution is -2.56. The van der Waals surface area contributed by atoms with Gasteiger partial charge in [-0.15, -0.1) is 0 Å². The molecular formula is C12H22N2OS. The Kier molecular flexibility index (Phi) is 3.17. The molecule has 0 N–H and O–H groups in total.